The summed E-state index contributed by atoms with van der Waals surface area (Å²) in [5.41, 5.74) is 3.40. The van der Waals surface area contributed by atoms with Crippen molar-refractivity contribution in [1.29, 1.82) is 0 Å². The highest BCUT2D eigenvalue weighted by atomic mass is 32.2. The second kappa shape index (κ2) is 10.6. The normalized spacial score (nSPS) is 26.6. The van der Waals surface area contributed by atoms with Crippen LogP contribution in [0.3, 0.4) is 0 Å². The lowest BCUT2D eigenvalue weighted by Gasteiger charge is -2.47. The maximum atomic E-state index is 13.8. The minimum Gasteiger partial charge on any atom is -0.340 e. The molecule has 5 nitrogen and oxygen atoms in total. The Morgan fingerprint density at radius 3 is 2.54 bits per heavy atom. The summed E-state index contributed by atoms with van der Waals surface area (Å²) in [5.74, 6) is 0.386. The van der Waals surface area contributed by atoms with E-state index in [9.17, 15) is 9.59 Å². The van der Waals surface area contributed by atoms with E-state index in [-0.39, 0.29) is 23.8 Å². The molecule has 0 bridgehead atoms. The van der Waals surface area contributed by atoms with Crippen LogP contribution in [-0.4, -0.2) is 71.0 Å². The molecule has 1 saturated carbocycles. The smallest absolute Gasteiger partial charge is 0.260 e. The minimum absolute atomic E-state index is 0.00715. The van der Waals surface area contributed by atoms with Crippen LogP contribution < -0.4 is 0 Å². The van der Waals surface area contributed by atoms with Crippen molar-refractivity contribution in [3.63, 3.8) is 0 Å². The highest BCUT2D eigenvalue weighted by Crippen LogP contribution is 2.44. The number of hydrogen-bond donors (Lipinski definition) is 0. The van der Waals surface area contributed by atoms with Gasteiger partial charge in [-0.15, -0.1) is 11.8 Å². The van der Waals surface area contributed by atoms with Gasteiger partial charge in [-0.3, -0.25) is 9.59 Å². The first-order chi connectivity index (χ1) is 17.0. The maximum absolute atomic E-state index is 13.8. The predicted molar refractivity (Wildman–Crippen MR) is 143 cm³/mol. The molecule has 3 fully saturated rings. The van der Waals surface area contributed by atoms with Crippen LogP contribution in [0.25, 0.3) is 6.08 Å². The summed E-state index contributed by atoms with van der Waals surface area (Å²) in [6.07, 6.45) is 4.67. The van der Waals surface area contributed by atoms with Gasteiger partial charge in [-0.05, 0) is 50.4 Å². The molecule has 3 aliphatic rings. The third kappa shape index (κ3) is 5.49. The van der Waals surface area contributed by atoms with Crippen molar-refractivity contribution >= 4 is 29.7 Å². The Kier molecular flexibility index (Phi) is 7.30. The molecule has 2 heterocycles. The van der Waals surface area contributed by atoms with E-state index in [0.717, 1.165) is 61.5 Å². The summed E-state index contributed by atoms with van der Waals surface area (Å²) < 4.78 is 0. The van der Waals surface area contributed by atoms with E-state index in [4.69, 9.17) is 0 Å². The van der Waals surface area contributed by atoms with Crippen molar-refractivity contribution in [3.05, 3.63) is 76.2 Å². The fourth-order valence-electron chi connectivity index (χ4n) is 5.59. The summed E-state index contributed by atoms with van der Waals surface area (Å²) >= 11 is 1.72. The van der Waals surface area contributed by atoms with Gasteiger partial charge in [0.15, 0.2) is 0 Å². The highest BCUT2D eigenvalue weighted by molar-refractivity contribution is 8.04. The summed E-state index contributed by atoms with van der Waals surface area (Å²) in [6, 6.07) is 18.6. The number of benzene rings is 2. The molecule has 1 aliphatic carbocycles. The second-order valence-electron chi connectivity index (χ2n) is 10.2. The van der Waals surface area contributed by atoms with Gasteiger partial charge in [0, 0.05) is 49.9 Å². The molecule has 184 valence electrons. The minimum atomic E-state index is 0.00715. The first kappa shape index (κ1) is 24.1. The number of hydrogen-bond acceptors (Lipinski definition) is 4. The Hall–Kier alpha value is -2.57. The van der Waals surface area contributed by atoms with Crippen molar-refractivity contribution in [2.45, 2.75) is 44.0 Å². The molecule has 35 heavy (non-hydrogen) atoms. The molecule has 6 heteroatoms. The second-order valence-corrected chi connectivity index (χ2v) is 11.5. The summed E-state index contributed by atoms with van der Waals surface area (Å²) in [7, 11) is 2.11. The zero-order valence-corrected chi connectivity index (χ0v) is 21.5. The van der Waals surface area contributed by atoms with Gasteiger partial charge in [0.05, 0.1) is 4.91 Å². The van der Waals surface area contributed by atoms with Crippen molar-refractivity contribution in [3.8, 4) is 0 Å². The number of carbonyl (C=O) groups is 2. The van der Waals surface area contributed by atoms with Crippen LogP contribution in [0.2, 0.25) is 0 Å². The third-order valence-electron chi connectivity index (χ3n) is 7.60. The first-order valence-corrected chi connectivity index (χ1v) is 13.6. The zero-order valence-electron chi connectivity index (χ0n) is 20.7. The lowest BCUT2D eigenvalue weighted by Crippen LogP contribution is -2.55. The summed E-state index contributed by atoms with van der Waals surface area (Å²) in [5, 5.41) is 0.323. The average Bonchev–Trinajstić information content (AvgIpc) is 2.87. The number of thioether (sulfide) groups is 1. The maximum Gasteiger partial charge on any atom is 0.260 e. The highest BCUT2D eigenvalue weighted by Gasteiger charge is 2.45. The molecule has 0 radical (unpaired) electrons. The van der Waals surface area contributed by atoms with Crippen LogP contribution in [0.1, 0.15) is 36.0 Å². The topological polar surface area (TPSA) is 43.9 Å². The largest absolute Gasteiger partial charge is 0.340 e. The van der Waals surface area contributed by atoms with E-state index in [1.807, 2.05) is 36.4 Å². The van der Waals surface area contributed by atoms with Gasteiger partial charge < -0.3 is 14.7 Å². The monoisotopic (exact) mass is 489 g/mol. The molecule has 0 aromatic heterocycles. The van der Waals surface area contributed by atoms with Crippen LogP contribution in [-0.2, 0) is 16.1 Å². The molecule has 2 aromatic rings. The fourth-order valence-corrected chi connectivity index (χ4v) is 7.01. The van der Waals surface area contributed by atoms with Crippen LogP contribution in [0, 0.1) is 12.8 Å². The van der Waals surface area contributed by atoms with Crippen LogP contribution >= 0.6 is 11.8 Å². The number of piperazine rings is 1. The Morgan fingerprint density at radius 1 is 1.03 bits per heavy atom. The number of amides is 2. The van der Waals surface area contributed by atoms with Crippen LogP contribution in [0.15, 0.2) is 59.5 Å². The number of fused-ring (bicyclic) bond motifs is 1. The van der Waals surface area contributed by atoms with Crippen LogP contribution in [0.4, 0.5) is 0 Å². The zero-order chi connectivity index (χ0) is 24.4. The molecular weight excluding hydrogens is 454 g/mol. The van der Waals surface area contributed by atoms with Crippen LogP contribution in [0.5, 0.6) is 0 Å². The standard InChI is InChI=1S/C29H35N3O2S/c1-21-7-6-10-23(17-21)20-32-25-19-24(28(33)31-15-13-30(2)14-16-31)11-12-26(25)35-27(29(32)34)18-22-8-4-3-5-9-22/h3-10,17-18,24-26H,11-16,19-20H2,1-2H3/b27-18+. The van der Waals surface area contributed by atoms with Gasteiger partial charge in [-0.25, -0.2) is 0 Å². The average molecular weight is 490 g/mol. The predicted octanol–water partition coefficient (Wildman–Crippen LogP) is 4.42. The molecule has 3 unspecified atom stereocenters. The van der Waals surface area contributed by atoms with E-state index in [1.54, 1.807) is 11.8 Å². The van der Waals surface area contributed by atoms with Crippen molar-refractivity contribution in [1.82, 2.24) is 14.7 Å². The summed E-state index contributed by atoms with van der Waals surface area (Å²) in [4.78, 5) is 34.4. The molecular formula is C29H35N3O2S. The van der Waals surface area contributed by atoms with Gasteiger partial charge in [0.2, 0.25) is 5.91 Å². The number of carbonyl (C=O) groups excluding carboxylic acids is 2. The molecule has 2 aliphatic heterocycles. The number of rotatable bonds is 4. The van der Waals surface area contributed by atoms with Gasteiger partial charge in [-0.1, -0.05) is 60.2 Å². The quantitative estimate of drug-likeness (QED) is 0.597. The molecule has 0 N–H and O–H groups in total. The fraction of sp³-hybridized carbons (Fsp3) is 0.448. The molecule has 3 atom stereocenters. The number of likely N-dealkylation sites (N-methyl/N-ethyl adjacent to an activating group) is 1. The van der Waals surface area contributed by atoms with E-state index in [2.05, 4.69) is 52.9 Å². The Bertz CT molecular complexity index is 1090. The number of nitrogens with zero attached hydrogens (tertiary/aromatic N) is 3. The van der Waals surface area contributed by atoms with E-state index in [0.29, 0.717) is 11.8 Å². The van der Waals surface area contributed by atoms with Gasteiger partial charge in [0.25, 0.3) is 5.91 Å². The van der Waals surface area contributed by atoms with Crippen molar-refractivity contribution in [2.24, 2.45) is 5.92 Å². The molecule has 2 amide bonds. The van der Waals surface area contributed by atoms with E-state index >= 15 is 0 Å². The van der Waals surface area contributed by atoms with Crippen molar-refractivity contribution < 1.29 is 9.59 Å². The van der Waals surface area contributed by atoms with E-state index in [1.165, 1.54) is 5.56 Å². The molecule has 2 saturated heterocycles. The lowest BCUT2D eigenvalue weighted by molar-refractivity contribution is -0.141. The summed E-state index contributed by atoms with van der Waals surface area (Å²) in [6.45, 7) is 6.17. The van der Waals surface area contributed by atoms with Gasteiger partial charge in [-0.2, -0.15) is 0 Å². The Morgan fingerprint density at radius 2 is 1.80 bits per heavy atom. The molecule has 0 spiro atoms. The lowest BCUT2D eigenvalue weighted by atomic mass is 9.83. The number of aryl methyl sites for hydroxylation is 1. The Labute approximate surface area is 213 Å². The van der Waals surface area contributed by atoms with Crippen molar-refractivity contribution in [2.75, 3.05) is 33.2 Å². The van der Waals surface area contributed by atoms with Gasteiger partial charge in [0.1, 0.15) is 0 Å². The Balaban J connectivity index is 1.39. The SMILES string of the molecule is Cc1cccc(CN2C(=O)/C(=C\c3ccccc3)SC3CCC(C(=O)N4CCN(C)CC4)CC32)c1. The molecule has 5 rings (SSSR count). The third-order valence-corrected chi connectivity index (χ3v) is 9.00. The molecule has 2 aromatic carbocycles. The first-order valence-electron chi connectivity index (χ1n) is 12.7. The van der Waals surface area contributed by atoms with E-state index < -0.39 is 0 Å². The van der Waals surface area contributed by atoms with Gasteiger partial charge >= 0.3 is 0 Å².